The third-order valence-corrected chi connectivity index (χ3v) is 4.49. The second kappa shape index (κ2) is 6.02. The zero-order chi connectivity index (χ0) is 16.5. The predicted molar refractivity (Wildman–Crippen MR) is 97.2 cm³/mol. The highest BCUT2D eigenvalue weighted by Gasteiger charge is 2.25. The molecule has 0 saturated carbocycles. The topological polar surface area (TPSA) is 41.1 Å². The molecule has 2 N–H and O–H groups in total. The number of hydrogen-bond donors (Lipinski definition) is 2. The Bertz CT molecular complexity index is 909. The third-order valence-electron chi connectivity index (χ3n) is 4.17. The van der Waals surface area contributed by atoms with Gasteiger partial charge in [0, 0.05) is 16.3 Å². The Kier molecular flexibility index (Phi) is 3.71. The van der Waals surface area contributed by atoms with Gasteiger partial charge < -0.3 is 10.6 Å². The Balaban J connectivity index is 1.67. The van der Waals surface area contributed by atoms with Crippen LogP contribution in [0.2, 0.25) is 5.02 Å². The number of nitrogens with one attached hydrogen (secondary N) is 2. The van der Waals surface area contributed by atoms with Gasteiger partial charge in [-0.25, -0.2) is 0 Å². The number of carbonyl (C=O) groups excluding carboxylic acids is 1. The number of benzene rings is 3. The van der Waals surface area contributed by atoms with Gasteiger partial charge in [-0.2, -0.15) is 0 Å². The molecule has 1 aliphatic rings. The standard InChI is InChI=1S/C20H15ClN2O/c21-17-12-14(13-6-2-1-3-7-13)10-11-15(17)19-22-18-9-5-4-8-16(18)20(24)23-19/h1-12,19,22H,(H,23,24). The molecule has 0 radical (unpaired) electrons. The molecule has 0 saturated heterocycles. The van der Waals surface area contributed by atoms with Crippen molar-refractivity contribution in [3.05, 3.63) is 88.9 Å². The van der Waals surface area contributed by atoms with Crippen molar-refractivity contribution >= 4 is 23.2 Å². The normalized spacial score (nSPS) is 16.0. The minimum atomic E-state index is -0.343. The molecule has 3 aromatic carbocycles. The van der Waals surface area contributed by atoms with Gasteiger partial charge in [0.1, 0.15) is 6.17 Å². The van der Waals surface area contributed by atoms with Gasteiger partial charge in [-0.15, -0.1) is 0 Å². The van der Waals surface area contributed by atoms with E-state index in [1.54, 1.807) is 6.07 Å². The Morgan fingerprint density at radius 2 is 1.54 bits per heavy atom. The van der Waals surface area contributed by atoms with Crippen LogP contribution in [0.25, 0.3) is 11.1 Å². The van der Waals surface area contributed by atoms with Crippen LogP contribution in [0, 0.1) is 0 Å². The first kappa shape index (κ1) is 14.8. The van der Waals surface area contributed by atoms with Gasteiger partial charge in [0.15, 0.2) is 0 Å². The van der Waals surface area contributed by atoms with Crippen molar-refractivity contribution < 1.29 is 4.79 Å². The van der Waals surface area contributed by atoms with Gasteiger partial charge in [-0.3, -0.25) is 4.79 Å². The van der Waals surface area contributed by atoms with Crippen LogP contribution in [0.4, 0.5) is 5.69 Å². The molecule has 4 heteroatoms. The van der Waals surface area contributed by atoms with Crippen LogP contribution in [0.1, 0.15) is 22.1 Å². The average molecular weight is 335 g/mol. The molecule has 1 atom stereocenters. The maximum Gasteiger partial charge on any atom is 0.255 e. The molecule has 1 heterocycles. The number of carbonyl (C=O) groups is 1. The summed E-state index contributed by atoms with van der Waals surface area (Å²) < 4.78 is 0. The van der Waals surface area contributed by atoms with Gasteiger partial charge in [0.2, 0.25) is 0 Å². The fourth-order valence-corrected chi connectivity index (χ4v) is 3.22. The second-order valence-electron chi connectivity index (χ2n) is 5.70. The van der Waals surface area contributed by atoms with E-state index in [-0.39, 0.29) is 12.1 Å². The van der Waals surface area contributed by atoms with E-state index in [0.29, 0.717) is 10.6 Å². The summed E-state index contributed by atoms with van der Waals surface area (Å²) in [6.07, 6.45) is -0.343. The van der Waals surface area contributed by atoms with Gasteiger partial charge in [-0.05, 0) is 29.3 Å². The summed E-state index contributed by atoms with van der Waals surface area (Å²) in [5.41, 5.74) is 4.46. The van der Waals surface area contributed by atoms with Crippen LogP contribution in [-0.2, 0) is 0 Å². The van der Waals surface area contributed by atoms with Crippen LogP contribution >= 0.6 is 11.6 Å². The number of anilines is 1. The molecular weight excluding hydrogens is 320 g/mol. The minimum Gasteiger partial charge on any atom is -0.361 e. The second-order valence-corrected chi connectivity index (χ2v) is 6.11. The molecule has 0 fully saturated rings. The van der Waals surface area contributed by atoms with Gasteiger partial charge in [-0.1, -0.05) is 66.2 Å². The molecule has 4 rings (SSSR count). The molecule has 1 aliphatic heterocycles. The lowest BCUT2D eigenvalue weighted by atomic mass is 10.0. The number of amides is 1. The Morgan fingerprint density at radius 3 is 2.33 bits per heavy atom. The van der Waals surface area contributed by atoms with E-state index in [9.17, 15) is 4.79 Å². The summed E-state index contributed by atoms with van der Waals surface area (Å²) in [6, 6.07) is 23.4. The molecule has 0 aliphatic carbocycles. The molecular formula is C20H15ClN2O. The first-order chi connectivity index (χ1) is 11.7. The fourth-order valence-electron chi connectivity index (χ4n) is 2.93. The summed E-state index contributed by atoms with van der Waals surface area (Å²) in [5.74, 6) is -0.0995. The smallest absolute Gasteiger partial charge is 0.255 e. The van der Waals surface area contributed by atoms with E-state index in [0.717, 1.165) is 22.4 Å². The quantitative estimate of drug-likeness (QED) is 0.702. The Morgan fingerprint density at radius 1 is 0.792 bits per heavy atom. The van der Waals surface area contributed by atoms with Crippen molar-refractivity contribution in [1.29, 1.82) is 0 Å². The maximum absolute atomic E-state index is 12.3. The van der Waals surface area contributed by atoms with Crippen molar-refractivity contribution in [3.8, 4) is 11.1 Å². The molecule has 1 unspecified atom stereocenters. The van der Waals surface area contributed by atoms with Gasteiger partial charge in [0.25, 0.3) is 5.91 Å². The Hall–Kier alpha value is -2.78. The highest BCUT2D eigenvalue weighted by molar-refractivity contribution is 6.31. The summed E-state index contributed by atoms with van der Waals surface area (Å²) in [6.45, 7) is 0. The maximum atomic E-state index is 12.3. The Labute approximate surface area is 145 Å². The van der Waals surface area contributed by atoms with E-state index in [1.807, 2.05) is 66.7 Å². The first-order valence-corrected chi connectivity index (χ1v) is 8.11. The lowest BCUT2D eigenvalue weighted by molar-refractivity contribution is 0.0935. The lowest BCUT2D eigenvalue weighted by Crippen LogP contribution is -2.38. The van der Waals surface area contributed by atoms with Crippen molar-refractivity contribution in [1.82, 2.24) is 5.32 Å². The van der Waals surface area contributed by atoms with E-state index >= 15 is 0 Å². The monoisotopic (exact) mass is 334 g/mol. The number of fused-ring (bicyclic) bond motifs is 1. The zero-order valence-corrected chi connectivity index (χ0v) is 13.5. The third kappa shape index (κ3) is 2.63. The highest BCUT2D eigenvalue weighted by atomic mass is 35.5. The molecule has 3 aromatic rings. The van der Waals surface area contributed by atoms with E-state index < -0.39 is 0 Å². The fraction of sp³-hybridized carbons (Fsp3) is 0.0500. The summed E-state index contributed by atoms with van der Waals surface area (Å²) in [4.78, 5) is 12.3. The largest absolute Gasteiger partial charge is 0.361 e. The number of halogens is 1. The van der Waals surface area contributed by atoms with Crippen molar-refractivity contribution in [2.45, 2.75) is 6.17 Å². The van der Waals surface area contributed by atoms with Crippen LogP contribution in [0.3, 0.4) is 0 Å². The molecule has 24 heavy (non-hydrogen) atoms. The average Bonchev–Trinajstić information content (AvgIpc) is 2.62. The molecule has 118 valence electrons. The SMILES string of the molecule is O=C1NC(c2ccc(-c3ccccc3)cc2Cl)Nc2ccccc21. The summed E-state index contributed by atoms with van der Waals surface area (Å²) in [5, 5.41) is 6.90. The van der Waals surface area contributed by atoms with Crippen molar-refractivity contribution in [2.75, 3.05) is 5.32 Å². The zero-order valence-electron chi connectivity index (χ0n) is 12.8. The molecule has 3 nitrogen and oxygen atoms in total. The highest BCUT2D eigenvalue weighted by Crippen LogP contribution is 2.32. The van der Waals surface area contributed by atoms with Crippen molar-refractivity contribution in [2.24, 2.45) is 0 Å². The summed E-state index contributed by atoms with van der Waals surface area (Å²) >= 11 is 6.50. The number of para-hydroxylation sites is 1. The van der Waals surface area contributed by atoms with Crippen molar-refractivity contribution in [3.63, 3.8) is 0 Å². The molecule has 0 spiro atoms. The van der Waals surface area contributed by atoms with E-state index in [2.05, 4.69) is 10.6 Å². The van der Waals surface area contributed by atoms with E-state index in [4.69, 9.17) is 11.6 Å². The van der Waals surface area contributed by atoms with Crippen LogP contribution in [0.5, 0.6) is 0 Å². The number of rotatable bonds is 2. The van der Waals surface area contributed by atoms with Crippen LogP contribution in [0.15, 0.2) is 72.8 Å². The van der Waals surface area contributed by atoms with Gasteiger partial charge >= 0.3 is 0 Å². The molecule has 0 aromatic heterocycles. The lowest BCUT2D eigenvalue weighted by Gasteiger charge is -2.28. The summed E-state index contributed by atoms with van der Waals surface area (Å²) in [7, 11) is 0. The first-order valence-electron chi connectivity index (χ1n) is 7.74. The van der Waals surface area contributed by atoms with Gasteiger partial charge in [0.05, 0.1) is 5.56 Å². The van der Waals surface area contributed by atoms with Crippen LogP contribution in [-0.4, -0.2) is 5.91 Å². The molecule has 1 amide bonds. The number of hydrogen-bond acceptors (Lipinski definition) is 2. The van der Waals surface area contributed by atoms with E-state index in [1.165, 1.54) is 0 Å². The minimum absolute atomic E-state index is 0.0995. The molecule has 0 bridgehead atoms. The predicted octanol–water partition coefficient (Wildman–Crippen LogP) is 4.86. The van der Waals surface area contributed by atoms with Crippen LogP contribution < -0.4 is 10.6 Å².